The molecule has 0 aromatic heterocycles. The van der Waals surface area contributed by atoms with Crippen molar-refractivity contribution < 1.29 is 37.9 Å². The van der Waals surface area contributed by atoms with Gasteiger partial charge in [-0.25, -0.2) is 4.57 Å². The second-order valence-corrected chi connectivity index (χ2v) is 13.4. The van der Waals surface area contributed by atoms with Crippen LogP contribution in [0.3, 0.4) is 0 Å². The molecule has 0 rings (SSSR count). The Morgan fingerprint density at radius 2 is 0.955 bits per heavy atom. The van der Waals surface area contributed by atoms with E-state index in [9.17, 15) is 14.2 Å². The van der Waals surface area contributed by atoms with E-state index in [0.29, 0.717) is 12.8 Å². The van der Waals surface area contributed by atoms with Gasteiger partial charge < -0.3 is 19.3 Å². The summed E-state index contributed by atoms with van der Waals surface area (Å²) < 4.78 is 26.2. The lowest BCUT2D eigenvalue weighted by atomic mass is 10.0. The van der Waals surface area contributed by atoms with Gasteiger partial charge in [-0.05, 0) is 38.5 Å². The maximum atomic E-state index is 12.3. The lowest BCUT2D eigenvalue weighted by molar-refractivity contribution is -0.161. The van der Waals surface area contributed by atoms with Crippen molar-refractivity contribution in [3.63, 3.8) is 0 Å². The summed E-state index contributed by atoms with van der Waals surface area (Å²) in [6.07, 6.45) is 32.1. The molecule has 44 heavy (non-hydrogen) atoms. The Labute approximate surface area is 269 Å². The fraction of sp³-hybridized carbons (Fsp3) is 0.886. The largest absolute Gasteiger partial charge is 0.469 e. The van der Waals surface area contributed by atoms with Crippen LogP contribution in [-0.2, 0) is 28.2 Å². The average Bonchev–Trinajstić information content (AvgIpc) is 2.98. The number of ether oxygens (including phenoxy) is 2. The summed E-state index contributed by atoms with van der Waals surface area (Å²) in [5, 5.41) is 0. The molecule has 0 fully saturated rings. The molecule has 1 atom stereocenters. The number of esters is 2. The van der Waals surface area contributed by atoms with Gasteiger partial charge in [0.1, 0.15) is 6.61 Å². The molecule has 8 nitrogen and oxygen atoms in total. The van der Waals surface area contributed by atoms with Crippen LogP contribution >= 0.6 is 7.82 Å². The van der Waals surface area contributed by atoms with Crippen LogP contribution in [0.1, 0.15) is 181 Å². The molecule has 0 aromatic carbocycles. The molecule has 9 heteroatoms. The lowest BCUT2D eigenvalue weighted by Crippen LogP contribution is -2.29. The third-order valence-electron chi connectivity index (χ3n) is 7.78. The first-order valence-electron chi connectivity index (χ1n) is 18.0. The van der Waals surface area contributed by atoms with Crippen molar-refractivity contribution in [2.24, 2.45) is 0 Å². The maximum absolute atomic E-state index is 12.3. The van der Waals surface area contributed by atoms with Crippen molar-refractivity contribution in [2.45, 2.75) is 187 Å². The lowest BCUT2D eigenvalue weighted by Gasteiger charge is -2.18. The highest BCUT2D eigenvalue weighted by Crippen LogP contribution is 2.36. The number of hydrogen-bond donors (Lipinski definition) is 2. The van der Waals surface area contributed by atoms with E-state index in [1.54, 1.807) is 0 Å². The Morgan fingerprint density at radius 3 is 1.41 bits per heavy atom. The highest BCUT2D eigenvalue weighted by Gasteiger charge is 2.22. The zero-order valence-corrected chi connectivity index (χ0v) is 29.2. The summed E-state index contributed by atoms with van der Waals surface area (Å²) in [6.45, 7) is 3.65. The number of phosphoric acid groups is 1. The maximum Gasteiger partial charge on any atom is 0.469 e. The number of hydrogen-bond acceptors (Lipinski definition) is 6. The van der Waals surface area contributed by atoms with Gasteiger partial charge in [0.25, 0.3) is 0 Å². The van der Waals surface area contributed by atoms with E-state index in [1.165, 1.54) is 89.9 Å². The number of carbonyl (C=O) groups excluding carboxylic acids is 2. The van der Waals surface area contributed by atoms with Gasteiger partial charge in [0, 0.05) is 12.8 Å². The van der Waals surface area contributed by atoms with Gasteiger partial charge in [-0.2, -0.15) is 0 Å². The van der Waals surface area contributed by atoms with Crippen LogP contribution < -0.4 is 0 Å². The first-order chi connectivity index (χ1) is 21.3. The number of rotatable bonds is 33. The fourth-order valence-corrected chi connectivity index (χ4v) is 5.43. The Bertz CT molecular complexity index is 736. The molecule has 260 valence electrons. The molecule has 0 bridgehead atoms. The number of unbranched alkanes of at least 4 members (excludes halogenated alkanes) is 21. The molecule has 0 amide bonds. The van der Waals surface area contributed by atoms with E-state index in [4.69, 9.17) is 19.3 Å². The van der Waals surface area contributed by atoms with Crippen LogP contribution in [-0.4, -0.2) is 41.0 Å². The summed E-state index contributed by atoms with van der Waals surface area (Å²) >= 11 is 0. The van der Waals surface area contributed by atoms with Crippen molar-refractivity contribution in [1.82, 2.24) is 0 Å². The monoisotopic (exact) mass is 646 g/mol. The molecule has 0 aliphatic heterocycles. The minimum atomic E-state index is -4.74. The van der Waals surface area contributed by atoms with Crippen LogP contribution in [0.4, 0.5) is 0 Å². The van der Waals surface area contributed by atoms with Crippen molar-refractivity contribution in [1.29, 1.82) is 0 Å². The van der Waals surface area contributed by atoms with Gasteiger partial charge in [-0.3, -0.25) is 14.1 Å². The van der Waals surface area contributed by atoms with Crippen molar-refractivity contribution in [2.75, 3.05) is 13.2 Å². The van der Waals surface area contributed by atoms with Crippen LogP contribution in [0.5, 0.6) is 0 Å². The zero-order chi connectivity index (χ0) is 32.6. The Kier molecular flexibility index (Phi) is 30.9. The van der Waals surface area contributed by atoms with E-state index >= 15 is 0 Å². The van der Waals surface area contributed by atoms with E-state index in [0.717, 1.165) is 51.4 Å². The summed E-state index contributed by atoms with van der Waals surface area (Å²) in [4.78, 5) is 42.6. The standard InChI is InChI=1S/C35H67O8P/c1-3-5-7-9-11-13-15-17-19-21-23-25-27-29-34(36)41-31-33(32-42-44(38,39)40)43-35(37)30-28-26-24-22-20-18-16-14-12-10-8-6-4-2/h13,15,33H,3-12,14,16-32H2,1-2H3,(H2,38,39,40)/b15-13-/t33-/m1/s1. The predicted molar refractivity (Wildman–Crippen MR) is 179 cm³/mol. The van der Waals surface area contributed by atoms with E-state index in [1.807, 2.05) is 0 Å². The third-order valence-corrected chi connectivity index (χ3v) is 8.27. The predicted octanol–water partition coefficient (Wildman–Crippen LogP) is 10.3. The molecule has 0 saturated carbocycles. The molecule has 0 aliphatic carbocycles. The summed E-state index contributed by atoms with van der Waals surface area (Å²) in [5.74, 6) is -0.889. The van der Waals surface area contributed by atoms with Gasteiger partial charge in [0.2, 0.25) is 0 Å². The molecule has 2 N–H and O–H groups in total. The Hall–Kier alpha value is -1.21. The van der Waals surface area contributed by atoms with Gasteiger partial charge in [-0.15, -0.1) is 0 Å². The first kappa shape index (κ1) is 42.8. The molecule has 0 radical (unpaired) electrons. The fourth-order valence-electron chi connectivity index (χ4n) is 5.07. The van der Waals surface area contributed by atoms with Crippen LogP contribution in [0, 0.1) is 0 Å². The SMILES string of the molecule is CCCCCC/C=C\CCCCCCCC(=O)OC[C@H](COP(=O)(O)O)OC(=O)CCCCCCCCCCCCCCC. The third kappa shape index (κ3) is 33.7. The topological polar surface area (TPSA) is 119 Å². The van der Waals surface area contributed by atoms with E-state index in [2.05, 4.69) is 30.5 Å². The highest BCUT2D eigenvalue weighted by atomic mass is 31.2. The first-order valence-corrected chi connectivity index (χ1v) is 19.5. The summed E-state index contributed by atoms with van der Waals surface area (Å²) in [7, 11) is -4.74. The summed E-state index contributed by atoms with van der Waals surface area (Å²) in [6, 6.07) is 0. The Balaban J connectivity index is 3.98. The minimum Gasteiger partial charge on any atom is -0.462 e. The molecule has 0 unspecified atom stereocenters. The average molecular weight is 647 g/mol. The van der Waals surface area contributed by atoms with Gasteiger partial charge in [0.05, 0.1) is 6.61 Å². The molecule has 0 spiro atoms. The number of phosphoric ester groups is 1. The highest BCUT2D eigenvalue weighted by molar-refractivity contribution is 7.46. The molecule has 0 aliphatic rings. The quantitative estimate of drug-likeness (QED) is 0.0313. The zero-order valence-electron chi connectivity index (χ0n) is 28.3. The second-order valence-electron chi connectivity index (χ2n) is 12.2. The number of allylic oxidation sites excluding steroid dienone is 2. The minimum absolute atomic E-state index is 0.215. The van der Waals surface area contributed by atoms with Crippen molar-refractivity contribution in [3.05, 3.63) is 12.2 Å². The normalized spacial score (nSPS) is 12.5. The van der Waals surface area contributed by atoms with Gasteiger partial charge in [0.15, 0.2) is 6.10 Å². The molecule has 0 saturated heterocycles. The van der Waals surface area contributed by atoms with Crippen LogP contribution in [0.15, 0.2) is 12.2 Å². The van der Waals surface area contributed by atoms with Crippen molar-refractivity contribution >= 4 is 19.8 Å². The van der Waals surface area contributed by atoms with E-state index < -0.39 is 32.5 Å². The van der Waals surface area contributed by atoms with Crippen LogP contribution in [0.2, 0.25) is 0 Å². The van der Waals surface area contributed by atoms with E-state index in [-0.39, 0.29) is 19.4 Å². The van der Waals surface area contributed by atoms with Gasteiger partial charge in [-0.1, -0.05) is 142 Å². The number of carbonyl (C=O) groups is 2. The molecule has 0 aromatic rings. The Morgan fingerprint density at radius 1 is 0.568 bits per heavy atom. The molecular formula is C35H67O8P. The molecule has 0 heterocycles. The summed E-state index contributed by atoms with van der Waals surface area (Å²) in [5.41, 5.74) is 0. The van der Waals surface area contributed by atoms with Crippen molar-refractivity contribution in [3.8, 4) is 0 Å². The van der Waals surface area contributed by atoms with Crippen LogP contribution in [0.25, 0.3) is 0 Å². The second kappa shape index (κ2) is 31.8. The smallest absolute Gasteiger partial charge is 0.462 e. The molecular weight excluding hydrogens is 579 g/mol. The van der Waals surface area contributed by atoms with Gasteiger partial charge >= 0.3 is 19.8 Å².